The number of benzene rings is 19. The first-order chi connectivity index (χ1) is 62.7. The summed E-state index contributed by atoms with van der Waals surface area (Å²) in [7, 11) is 0. The number of hydrogen-bond donors (Lipinski definition) is 0. The van der Waals surface area contributed by atoms with Crippen LogP contribution in [0.25, 0.3) is 152 Å². The lowest BCUT2D eigenvalue weighted by molar-refractivity contribution is 0.660. The van der Waals surface area contributed by atoms with Gasteiger partial charge in [0, 0.05) is 90.7 Å². The molecule has 0 saturated carbocycles. The van der Waals surface area contributed by atoms with Crippen LogP contribution in [0.3, 0.4) is 0 Å². The van der Waals surface area contributed by atoms with Crippen molar-refractivity contribution < 1.29 is 0 Å². The Labute approximate surface area is 755 Å². The van der Waals surface area contributed by atoms with Crippen molar-refractivity contribution in [2.75, 3.05) is 9.80 Å². The fraction of sp³-hybridized carbons (Fsp3) is 0.0806. The van der Waals surface area contributed by atoms with Crippen LogP contribution >= 0.6 is 22.7 Å². The van der Waals surface area contributed by atoms with Gasteiger partial charge in [-0.2, -0.15) is 0 Å². The molecular formula is C124H88N2S2. The minimum absolute atomic E-state index is 0.210. The van der Waals surface area contributed by atoms with Gasteiger partial charge in [0.05, 0.1) is 5.41 Å². The molecule has 606 valence electrons. The second-order valence-corrected chi connectivity index (χ2v) is 39.1. The van der Waals surface area contributed by atoms with Crippen molar-refractivity contribution in [3.05, 3.63) is 480 Å². The summed E-state index contributed by atoms with van der Waals surface area (Å²) in [5.41, 5.74) is 42.9. The van der Waals surface area contributed by atoms with E-state index in [1.54, 1.807) is 0 Å². The van der Waals surface area contributed by atoms with Crippen molar-refractivity contribution >= 4 is 97.1 Å². The molecule has 0 fully saturated rings. The van der Waals surface area contributed by atoms with Crippen LogP contribution in [0.4, 0.5) is 34.1 Å². The quantitative estimate of drug-likeness (QED) is 0.107. The molecule has 0 bridgehead atoms. The van der Waals surface area contributed by atoms with E-state index < -0.39 is 5.41 Å². The van der Waals surface area contributed by atoms with Crippen molar-refractivity contribution in [2.24, 2.45) is 0 Å². The maximum Gasteiger partial charge on any atom is 0.0714 e. The second-order valence-electron chi connectivity index (χ2n) is 36.9. The standard InChI is InChI=1S/C124H88N2S2/c1-121(2)109-38-17-13-30-97(109)100-65-60-91(73-113(100)121)126(90-58-52-81(53-59-90)79-44-48-83(49-45-79)96-35-23-37-107-105-33-16-20-41-118(105)128-120(96)107)94-62-67-102-98-31-14-18-39-111(98)124(116(102)76-94,87-27-11-8-12-28-87)88-29-21-26-84(70-88)85-55-69-110-108(71-85)103-68-63-93(75-115(103)122(110,3)4)125(92-61-66-101-99-64-54-86(77-24-9-7-10-25-77)72-112(99)123(5,6)114(101)74-92)89-56-50-80(51-57-89)78-42-46-82(47-43-78)95-34-22-36-106-104-32-15-19-40-117(104)127-119(95)106/h7-76H,1-6H3. The fourth-order valence-corrected chi connectivity index (χ4v) is 25.0. The van der Waals surface area contributed by atoms with E-state index in [-0.39, 0.29) is 16.2 Å². The van der Waals surface area contributed by atoms with E-state index in [0.717, 1.165) is 34.1 Å². The maximum absolute atomic E-state index is 2.53. The van der Waals surface area contributed by atoms with E-state index in [0.29, 0.717) is 0 Å². The predicted octanol–water partition coefficient (Wildman–Crippen LogP) is 34.6. The van der Waals surface area contributed by atoms with Crippen molar-refractivity contribution in [3.63, 3.8) is 0 Å². The van der Waals surface area contributed by atoms with Crippen molar-refractivity contribution in [1.82, 2.24) is 0 Å². The molecule has 2 aromatic heterocycles. The van der Waals surface area contributed by atoms with E-state index in [1.165, 1.54) is 207 Å². The molecule has 19 aromatic carbocycles. The third-order valence-electron chi connectivity index (χ3n) is 29.0. The molecule has 1 unspecified atom stereocenters. The molecule has 2 heterocycles. The number of anilines is 6. The Balaban J connectivity index is 0.583. The molecule has 0 saturated heterocycles. The van der Waals surface area contributed by atoms with Gasteiger partial charge in [-0.1, -0.05) is 363 Å². The summed E-state index contributed by atoms with van der Waals surface area (Å²) in [6.45, 7) is 14.5. The summed E-state index contributed by atoms with van der Waals surface area (Å²) in [5.74, 6) is 0. The van der Waals surface area contributed by atoms with Crippen LogP contribution in [0, 0.1) is 0 Å². The zero-order valence-corrected chi connectivity index (χ0v) is 73.8. The van der Waals surface area contributed by atoms with Gasteiger partial charge in [-0.3, -0.25) is 0 Å². The first kappa shape index (κ1) is 75.7. The Morgan fingerprint density at radius 2 is 0.477 bits per heavy atom. The zero-order valence-electron chi connectivity index (χ0n) is 72.1. The summed E-state index contributed by atoms with van der Waals surface area (Å²) >= 11 is 3.77. The fourth-order valence-electron chi connectivity index (χ4n) is 22.5. The van der Waals surface area contributed by atoms with Crippen LogP contribution in [0.1, 0.15) is 97.2 Å². The molecule has 2 nitrogen and oxygen atoms in total. The van der Waals surface area contributed by atoms with Gasteiger partial charge in [0.1, 0.15) is 0 Å². The number of hydrogen-bond acceptors (Lipinski definition) is 4. The SMILES string of the molecule is CC1(C)c2ccccc2-c2ccc(N(c3ccc(-c4ccc(-c5cccc6c5sc5ccccc56)cc4)cc3)c3ccc4c(c3)C(c3ccccc3)(c3cccc(-c5ccc6c(c5)-c5ccc(N(c7ccc(-c8ccc(-c9cccc%10c9sc9ccccc9%10)cc8)cc7)c7ccc8c(c7)C(C)(C)c7cc(-c9ccccc9)ccc7-8)cc5C6(C)C)c3)c3ccccc3-4)cc21. The lowest BCUT2D eigenvalue weighted by Crippen LogP contribution is -2.29. The molecule has 4 heteroatoms. The van der Waals surface area contributed by atoms with Gasteiger partial charge in [0.25, 0.3) is 0 Å². The maximum atomic E-state index is 2.53. The lowest BCUT2D eigenvalue weighted by Gasteiger charge is -2.35. The highest BCUT2D eigenvalue weighted by Gasteiger charge is 2.48. The summed E-state index contributed by atoms with van der Waals surface area (Å²) in [6.07, 6.45) is 0. The van der Waals surface area contributed by atoms with Gasteiger partial charge in [0.15, 0.2) is 0 Å². The number of rotatable bonds is 14. The van der Waals surface area contributed by atoms with Crippen molar-refractivity contribution in [2.45, 2.75) is 63.2 Å². The van der Waals surface area contributed by atoms with E-state index in [9.17, 15) is 0 Å². The van der Waals surface area contributed by atoms with E-state index in [4.69, 9.17) is 0 Å². The number of nitrogens with zero attached hydrogens (tertiary/aromatic N) is 2. The molecule has 0 spiro atoms. The molecule has 25 rings (SSSR count). The highest BCUT2D eigenvalue weighted by molar-refractivity contribution is 7.26. The molecular weight excluding hydrogens is 1580 g/mol. The predicted molar refractivity (Wildman–Crippen MR) is 544 cm³/mol. The molecule has 0 amide bonds. The molecule has 128 heavy (non-hydrogen) atoms. The van der Waals surface area contributed by atoms with E-state index in [2.05, 4.69) is 476 Å². The summed E-state index contributed by atoms with van der Waals surface area (Å²) in [5, 5.41) is 5.27. The van der Waals surface area contributed by atoms with Crippen LogP contribution in [0.15, 0.2) is 425 Å². The third kappa shape index (κ3) is 11.6. The molecule has 21 aromatic rings. The van der Waals surface area contributed by atoms with E-state index in [1.807, 2.05) is 22.7 Å². The summed E-state index contributed by atoms with van der Waals surface area (Å²) in [6, 6.07) is 161. The van der Waals surface area contributed by atoms with E-state index >= 15 is 0 Å². The van der Waals surface area contributed by atoms with Gasteiger partial charge in [0.2, 0.25) is 0 Å². The number of fused-ring (bicyclic) bond motifs is 18. The molecule has 1 atom stereocenters. The monoisotopic (exact) mass is 1670 g/mol. The van der Waals surface area contributed by atoms with Crippen LogP contribution in [0.2, 0.25) is 0 Å². The minimum Gasteiger partial charge on any atom is -0.310 e. The zero-order chi connectivity index (χ0) is 85.5. The van der Waals surface area contributed by atoms with Gasteiger partial charge in [-0.05, 0) is 270 Å². The van der Waals surface area contributed by atoms with Crippen LogP contribution in [-0.2, 0) is 21.7 Å². The Kier molecular flexibility index (Phi) is 17.1. The van der Waals surface area contributed by atoms with Gasteiger partial charge in [-0.25, -0.2) is 0 Å². The Morgan fingerprint density at radius 3 is 1.00 bits per heavy atom. The minimum atomic E-state index is -0.717. The first-order valence-corrected chi connectivity index (χ1v) is 46.4. The van der Waals surface area contributed by atoms with Crippen molar-refractivity contribution in [3.8, 4) is 111 Å². The highest BCUT2D eigenvalue weighted by atomic mass is 32.1. The molecule has 0 radical (unpaired) electrons. The van der Waals surface area contributed by atoms with Crippen molar-refractivity contribution in [1.29, 1.82) is 0 Å². The second kappa shape index (κ2) is 28.9. The average Bonchev–Trinajstić information content (AvgIpc) is 1.54. The first-order valence-electron chi connectivity index (χ1n) is 44.8. The summed E-state index contributed by atoms with van der Waals surface area (Å²) in [4.78, 5) is 5.02. The normalized spacial score (nSPS) is 14.9. The lowest BCUT2D eigenvalue weighted by atomic mass is 9.67. The largest absolute Gasteiger partial charge is 0.310 e. The average molecular weight is 1670 g/mol. The van der Waals surface area contributed by atoms with Crippen LogP contribution in [-0.4, -0.2) is 0 Å². The summed E-state index contributed by atoms with van der Waals surface area (Å²) < 4.78 is 5.30. The Morgan fingerprint density at radius 1 is 0.172 bits per heavy atom. The third-order valence-corrected chi connectivity index (χ3v) is 31.4. The highest BCUT2D eigenvalue weighted by Crippen LogP contribution is 2.61. The van der Waals surface area contributed by atoms with Crippen LogP contribution in [0.5, 0.6) is 0 Å². The van der Waals surface area contributed by atoms with Gasteiger partial charge >= 0.3 is 0 Å². The molecule has 0 N–H and O–H groups in total. The molecule has 0 aliphatic heterocycles. The number of thiophene rings is 2. The molecule has 4 aliphatic carbocycles. The topological polar surface area (TPSA) is 6.48 Å². The van der Waals surface area contributed by atoms with Crippen LogP contribution < -0.4 is 9.80 Å². The Bertz CT molecular complexity index is 8120. The molecule has 4 aliphatic rings. The van der Waals surface area contributed by atoms with Gasteiger partial charge < -0.3 is 9.80 Å². The Hall–Kier alpha value is -14.8. The smallest absolute Gasteiger partial charge is 0.0714 e. The van der Waals surface area contributed by atoms with Gasteiger partial charge in [-0.15, -0.1) is 22.7 Å².